The fraction of sp³-hybridized carbons (Fsp3) is 0.122. The molecule has 0 atom stereocenters. The highest BCUT2D eigenvalue weighted by Gasteiger charge is 2.27. The molecule has 7 aromatic rings. The Morgan fingerprint density at radius 1 is 0.405 bits per heavy atom. The number of aromatic nitrogens is 1. The fourth-order valence-corrected chi connectivity index (χ4v) is 7.18. The lowest BCUT2D eigenvalue weighted by Gasteiger charge is -2.28. The molecule has 0 amide bonds. The van der Waals surface area contributed by atoms with Gasteiger partial charge in [0.1, 0.15) is 0 Å². The molecule has 202 valence electrons. The summed E-state index contributed by atoms with van der Waals surface area (Å²) in [5.41, 5.74) is 20.6. The maximum atomic E-state index is 2.52. The monoisotopic (exact) mass is 539 g/mol. The van der Waals surface area contributed by atoms with Crippen molar-refractivity contribution in [1.82, 2.24) is 4.57 Å². The van der Waals surface area contributed by atoms with Gasteiger partial charge in [-0.15, -0.1) is 0 Å². The number of benzene rings is 6. The van der Waals surface area contributed by atoms with Crippen molar-refractivity contribution in [2.45, 2.75) is 34.6 Å². The van der Waals surface area contributed by atoms with E-state index in [1.165, 1.54) is 99.8 Å². The van der Waals surface area contributed by atoms with Gasteiger partial charge in [0.05, 0.1) is 16.7 Å². The Labute approximate surface area is 247 Å². The Bertz CT molecular complexity index is 2180. The molecule has 0 fully saturated rings. The highest BCUT2D eigenvalue weighted by atomic mass is 15.0. The smallest absolute Gasteiger partial charge is 0.0549 e. The van der Waals surface area contributed by atoms with Crippen LogP contribution in [-0.2, 0) is 0 Å². The summed E-state index contributed by atoms with van der Waals surface area (Å²) >= 11 is 0. The normalized spacial score (nSPS) is 11.9. The van der Waals surface area contributed by atoms with Gasteiger partial charge in [-0.05, 0) is 115 Å². The molecular weight excluding hydrogens is 506 g/mol. The van der Waals surface area contributed by atoms with E-state index in [-0.39, 0.29) is 0 Å². The van der Waals surface area contributed by atoms with Gasteiger partial charge >= 0.3 is 0 Å². The van der Waals surface area contributed by atoms with Crippen molar-refractivity contribution >= 4 is 21.8 Å². The van der Waals surface area contributed by atoms with Crippen LogP contribution in [0.15, 0.2) is 109 Å². The standard InChI is InChI=1S/C41H33N/c1-24-14-17-31-29-10-6-9-13-33(29)41-39(23-27(4)28(5)40(41)32-12-8-7-11-30(32)34(31)20-24)42-37-18-15-25(2)21-35(37)36-22-26(3)16-19-38(36)42/h6-23H,1-5H3. The maximum Gasteiger partial charge on any atom is 0.0549 e. The van der Waals surface area contributed by atoms with Gasteiger partial charge in [-0.3, -0.25) is 0 Å². The van der Waals surface area contributed by atoms with Crippen LogP contribution >= 0.6 is 0 Å². The van der Waals surface area contributed by atoms with Crippen LogP contribution in [0.5, 0.6) is 0 Å². The van der Waals surface area contributed by atoms with E-state index in [2.05, 4.69) is 148 Å². The second-order valence-electron chi connectivity index (χ2n) is 12.1. The molecule has 42 heavy (non-hydrogen) atoms. The van der Waals surface area contributed by atoms with Crippen molar-refractivity contribution in [3.05, 3.63) is 137 Å². The number of fused-ring (bicyclic) bond motifs is 11. The predicted molar refractivity (Wildman–Crippen MR) is 180 cm³/mol. The molecule has 1 heteroatoms. The third kappa shape index (κ3) is 3.50. The van der Waals surface area contributed by atoms with Gasteiger partial charge in [0.2, 0.25) is 0 Å². The summed E-state index contributed by atoms with van der Waals surface area (Å²) in [6, 6.07) is 41.2. The summed E-state index contributed by atoms with van der Waals surface area (Å²) < 4.78 is 2.52. The van der Waals surface area contributed by atoms with Gasteiger partial charge in [-0.2, -0.15) is 0 Å². The molecule has 1 aliphatic carbocycles. The van der Waals surface area contributed by atoms with Crippen LogP contribution in [0.2, 0.25) is 0 Å². The van der Waals surface area contributed by atoms with E-state index in [1.54, 1.807) is 0 Å². The summed E-state index contributed by atoms with van der Waals surface area (Å²) in [7, 11) is 0. The molecule has 1 aromatic heterocycles. The molecule has 0 unspecified atom stereocenters. The van der Waals surface area contributed by atoms with Crippen LogP contribution in [0.3, 0.4) is 0 Å². The second kappa shape index (κ2) is 9.06. The maximum absolute atomic E-state index is 2.52. The van der Waals surface area contributed by atoms with E-state index in [9.17, 15) is 0 Å². The van der Waals surface area contributed by atoms with Crippen molar-refractivity contribution in [3.63, 3.8) is 0 Å². The summed E-state index contributed by atoms with van der Waals surface area (Å²) in [6.45, 7) is 11.1. The summed E-state index contributed by atoms with van der Waals surface area (Å²) in [5, 5.41) is 2.61. The molecule has 1 nitrogen and oxygen atoms in total. The van der Waals surface area contributed by atoms with Crippen LogP contribution in [0, 0.1) is 34.6 Å². The fourth-order valence-electron chi connectivity index (χ4n) is 7.18. The largest absolute Gasteiger partial charge is 0.309 e. The SMILES string of the molecule is Cc1ccc2c(c1)-c1ccccc1-c1c(C)c(C)cc(-n3c4ccc(C)cc4c4cc(C)ccc43)c1-c1ccccc1-2. The Balaban J connectivity index is 1.62. The van der Waals surface area contributed by atoms with E-state index in [1.807, 2.05) is 0 Å². The zero-order valence-electron chi connectivity index (χ0n) is 24.8. The average molecular weight is 540 g/mol. The molecule has 0 radical (unpaired) electrons. The lowest BCUT2D eigenvalue weighted by Crippen LogP contribution is -2.06. The molecule has 0 saturated carbocycles. The summed E-state index contributed by atoms with van der Waals surface area (Å²) in [4.78, 5) is 0. The first-order valence-corrected chi connectivity index (χ1v) is 14.9. The van der Waals surface area contributed by atoms with Gasteiger partial charge in [0.15, 0.2) is 0 Å². The predicted octanol–water partition coefficient (Wildman–Crippen LogP) is 11.3. The van der Waals surface area contributed by atoms with Gasteiger partial charge in [0, 0.05) is 16.3 Å². The molecule has 1 aliphatic rings. The lowest BCUT2D eigenvalue weighted by molar-refractivity contribution is 1.16. The molecule has 1 heterocycles. The van der Waals surface area contributed by atoms with Crippen molar-refractivity contribution in [2.24, 2.45) is 0 Å². The number of hydrogen-bond donors (Lipinski definition) is 0. The van der Waals surface area contributed by atoms with Gasteiger partial charge in [-0.1, -0.05) is 95.6 Å². The Kier molecular flexibility index (Phi) is 5.37. The molecule has 6 aromatic carbocycles. The average Bonchev–Trinajstić information content (AvgIpc) is 3.30. The van der Waals surface area contributed by atoms with Crippen molar-refractivity contribution in [1.29, 1.82) is 0 Å². The molecule has 0 N–H and O–H groups in total. The first-order chi connectivity index (χ1) is 20.4. The molecule has 0 spiro atoms. The molecule has 0 saturated heterocycles. The van der Waals surface area contributed by atoms with Crippen LogP contribution < -0.4 is 0 Å². The van der Waals surface area contributed by atoms with Gasteiger partial charge in [-0.25, -0.2) is 0 Å². The minimum Gasteiger partial charge on any atom is -0.309 e. The van der Waals surface area contributed by atoms with E-state index < -0.39 is 0 Å². The van der Waals surface area contributed by atoms with E-state index in [0.717, 1.165) is 0 Å². The Morgan fingerprint density at radius 2 is 0.881 bits per heavy atom. The second-order valence-corrected chi connectivity index (χ2v) is 12.1. The lowest BCUT2D eigenvalue weighted by atomic mass is 9.77. The zero-order chi connectivity index (χ0) is 28.7. The number of rotatable bonds is 1. The van der Waals surface area contributed by atoms with Gasteiger partial charge < -0.3 is 4.57 Å². The molecule has 0 bridgehead atoms. The van der Waals surface area contributed by atoms with Crippen molar-refractivity contribution < 1.29 is 0 Å². The van der Waals surface area contributed by atoms with Crippen LogP contribution in [0.1, 0.15) is 27.8 Å². The highest BCUT2D eigenvalue weighted by molar-refractivity contribution is 6.12. The highest BCUT2D eigenvalue weighted by Crippen LogP contribution is 2.52. The van der Waals surface area contributed by atoms with Crippen LogP contribution in [0.25, 0.3) is 72.0 Å². The topological polar surface area (TPSA) is 4.93 Å². The Hall–Kier alpha value is -4.88. The number of nitrogens with zero attached hydrogens (tertiary/aromatic N) is 1. The van der Waals surface area contributed by atoms with Gasteiger partial charge in [0.25, 0.3) is 0 Å². The van der Waals surface area contributed by atoms with E-state index >= 15 is 0 Å². The first-order valence-electron chi connectivity index (χ1n) is 14.9. The first kappa shape index (κ1) is 24.9. The zero-order valence-corrected chi connectivity index (χ0v) is 24.8. The molecule has 8 rings (SSSR count). The Morgan fingerprint density at radius 3 is 1.50 bits per heavy atom. The summed E-state index contributed by atoms with van der Waals surface area (Å²) in [5.74, 6) is 0. The number of aryl methyl sites for hydroxylation is 4. The van der Waals surface area contributed by atoms with Crippen LogP contribution in [0.4, 0.5) is 0 Å². The van der Waals surface area contributed by atoms with Crippen molar-refractivity contribution in [2.75, 3.05) is 0 Å². The number of hydrogen-bond acceptors (Lipinski definition) is 0. The van der Waals surface area contributed by atoms with Crippen molar-refractivity contribution in [3.8, 4) is 50.2 Å². The van der Waals surface area contributed by atoms with E-state index in [4.69, 9.17) is 0 Å². The molecular formula is C41H33N. The molecule has 0 aliphatic heterocycles. The minimum atomic E-state index is 1.23. The third-order valence-electron chi connectivity index (χ3n) is 9.29. The van der Waals surface area contributed by atoms with Crippen LogP contribution in [-0.4, -0.2) is 4.57 Å². The minimum absolute atomic E-state index is 1.23. The quantitative estimate of drug-likeness (QED) is 0.195. The third-order valence-corrected chi connectivity index (χ3v) is 9.29. The van der Waals surface area contributed by atoms with E-state index in [0.29, 0.717) is 0 Å². The summed E-state index contributed by atoms with van der Waals surface area (Å²) in [6.07, 6.45) is 0.